The summed E-state index contributed by atoms with van der Waals surface area (Å²) in [6.07, 6.45) is -0.948. The molecule has 80 valence electrons. The number of allylic oxidation sites excluding steroid dienone is 1. The first kappa shape index (κ1) is 11.2. The molecular formula is C9H14O5. The molecule has 2 N–H and O–H groups in total. The van der Waals surface area contributed by atoms with Gasteiger partial charge in [-0.3, -0.25) is 4.79 Å². The highest BCUT2D eigenvalue weighted by Crippen LogP contribution is 2.20. The summed E-state index contributed by atoms with van der Waals surface area (Å²) in [5.41, 5.74) is 0. The van der Waals surface area contributed by atoms with Gasteiger partial charge in [-0.25, -0.2) is 0 Å². The lowest BCUT2D eigenvalue weighted by Gasteiger charge is -2.31. The zero-order valence-electron chi connectivity index (χ0n) is 8.14. The van der Waals surface area contributed by atoms with E-state index in [1.807, 2.05) is 0 Å². The molecule has 5 heteroatoms. The minimum Gasteiger partial charge on any atom is -0.482 e. The van der Waals surface area contributed by atoms with E-state index in [4.69, 9.17) is 14.6 Å². The number of methoxy groups -OCH3 is 1. The van der Waals surface area contributed by atoms with Crippen LogP contribution in [0.1, 0.15) is 6.92 Å². The normalized spacial score (nSPS) is 32.0. The van der Waals surface area contributed by atoms with Gasteiger partial charge in [0, 0.05) is 14.0 Å². The Balaban J connectivity index is 2.86. The van der Waals surface area contributed by atoms with E-state index in [1.54, 1.807) is 0 Å². The molecule has 0 spiro atoms. The van der Waals surface area contributed by atoms with Gasteiger partial charge in [-0.15, -0.1) is 0 Å². The van der Waals surface area contributed by atoms with Crippen LogP contribution in [0.5, 0.6) is 0 Å². The number of carbonyl (C=O) groups is 1. The van der Waals surface area contributed by atoms with E-state index in [0.717, 1.165) is 0 Å². The minimum absolute atomic E-state index is 0.126. The van der Waals surface area contributed by atoms with Crippen molar-refractivity contribution in [3.05, 3.63) is 11.8 Å². The van der Waals surface area contributed by atoms with Gasteiger partial charge in [0.25, 0.3) is 0 Å². The molecule has 0 saturated heterocycles. The Bertz CT molecular complexity index is 248. The van der Waals surface area contributed by atoms with Crippen LogP contribution in [0.3, 0.4) is 0 Å². The Morgan fingerprint density at radius 1 is 1.71 bits per heavy atom. The fraction of sp³-hybridized carbons (Fsp3) is 0.667. The summed E-state index contributed by atoms with van der Waals surface area (Å²) in [7, 11) is 1.42. The Labute approximate surface area is 81.9 Å². The summed E-state index contributed by atoms with van der Waals surface area (Å²) in [6.45, 7) is 0.996. The first-order valence-corrected chi connectivity index (χ1v) is 4.31. The van der Waals surface area contributed by atoms with Crippen molar-refractivity contribution < 1.29 is 24.5 Å². The van der Waals surface area contributed by atoms with Gasteiger partial charge in [-0.05, 0) is 6.08 Å². The van der Waals surface area contributed by atoms with Crippen LogP contribution in [0.15, 0.2) is 11.8 Å². The molecule has 1 rings (SSSR count). The smallest absolute Gasteiger partial charge is 0.194 e. The number of ether oxygens (including phenoxy) is 2. The molecule has 0 amide bonds. The van der Waals surface area contributed by atoms with Gasteiger partial charge in [0.05, 0.1) is 6.61 Å². The molecule has 0 aromatic rings. The third kappa shape index (κ3) is 2.12. The van der Waals surface area contributed by atoms with Crippen LogP contribution in [-0.2, 0) is 14.3 Å². The van der Waals surface area contributed by atoms with E-state index in [9.17, 15) is 9.90 Å². The van der Waals surface area contributed by atoms with E-state index < -0.39 is 18.3 Å². The van der Waals surface area contributed by atoms with Gasteiger partial charge < -0.3 is 19.7 Å². The van der Waals surface area contributed by atoms with Crippen molar-refractivity contribution in [2.24, 2.45) is 0 Å². The van der Waals surface area contributed by atoms with Crippen molar-refractivity contribution in [1.82, 2.24) is 0 Å². The number of aliphatic hydroxyl groups excluding tert-OH is 2. The monoisotopic (exact) mass is 202 g/mol. The largest absolute Gasteiger partial charge is 0.482 e. The predicted molar refractivity (Wildman–Crippen MR) is 47.5 cm³/mol. The second-order valence-electron chi connectivity index (χ2n) is 3.12. The Morgan fingerprint density at radius 3 is 2.79 bits per heavy atom. The van der Waals surface area contributed by atoms with E-state index in [0.29, 0.717) is 0 Å². The van der Waals surface area contributed by atoms with E-state index in [1.165, 1.54) is 20.1 Å². The summed E-state index contributed by atoms with van der Waals surface area (Å²) in [5, 5.41) is 18.5. The lowest BCUT2D eigenvalue weighted by Crippen LogP contribution is -2.45. The molecule has 5 nitrogen and oxygen atoms in total. The van der Waals surface area contributed by atoms with Gasteiger partial charge >= 0.3 is 0 Å². The molecule has 1 aliphatic heterocycles. The number of aliphatic hydroxyl groups is 2. The molecule has 0 radical (unpaired) electrons. The Morgan fingerprint density at radius 2 is 2.36 bits per heavy atom. The van der Waals surface area contributed by atoms with Crippen LogP contribution in [-0.4, -0.2) is 48.0 Å². The molecule has 1 heterocycles. The number of ketones is 1. The van der Waals surface area contributed by atoms with Gasteiger partial charge in [0.1, 0.15) is 12.2 Å². The average Bonchev–Trinajstić information content (AvgIpc) is 2.17. The fourth-order valence-corrected chi connectivity index (χ4v) is 1.28. The van der Waals surface area contributed by atoms with Gasteiger partial charge in [0.2, 0.25) is 0 Å². The lowest BCUT2D eigenvalue weighted by molar-refractivity contribution is -0.129. The molecular weight excluding hydrogens is 188 g/mol. The first-order chi connectivity index (χ1) is 6.60. The van der Waals surface area contributed by atoms with Crippen molar-refractivity contribution in [1.29, 1.82) is 0 Å². The molecule has 0 saturated carbocycles. The molecule has 0 aliphatic carbocycles. The molecule has 14 heavy (non-hydrogen) atoms. The van der Waals surface area contributed by atoms with Gasteiger partial charge in [-0.1, -0.05) is 0 Å². The Hall–Kier alpha value is -0.910. The topological polar surface area (TPSA) is 76.0 Å². The number of carbonyl (C=O) groups excluding carboxylic acids is 1. The highest BCUT2D eigenvalue weighted by atomic mass is 16.5. The molecule has 0 aromatic heterocycles. The van der Waals surface area contributed by atoms with Crippen LogP contribution in [0.2, 0.25) is 0 Å². The molecule has 0 aromatic carbocycles. The SMILES string of the molecule is CO[C@@H]1C=C(C(C)=O)O[C@H](CO)[C@H]1O. The van der Waals surface area contributed by atoms with Gasteiger partial charge in [0.15, 0.2) is 17.6 Å². The second kappa shape index (κ2) is 4.54. The number of hydrogen-bond donors (Lipinski definition) is 2. The zero-order valence-corrected chi connectivity index (χ0v) is 8.14. The maximum atomic E-state index is 11.0. The van der Waals surface area contributed by atoms with Crippen molar-refractivity contribution in [3.63, 3.8) is 0 Å². The fourth-order valence-electron chi connectivity index (χ4n) is 1.28. The van der Waals surface area contributed by atoms with E-state index in [2.05, 4.69) is 0 Å². The lowest BCUT2D eigenvalue weighted by atomic mass is 10.0. The van der Waals surface area contributed by atoms with E-state index in [-0.39, 0.29) is 18.1 Å². The quantitative estimate of drug-likeness (QED) is 0.628. The summed E-state index contributed by atoms with van der Waals surface area (Å²) < 4.78 is 10.0. The second-order valence-corrected chi connectivity index (χ2v) is 3.12. The number of rotatable bonds is 3. The maximum absolute atomic E-state index is 11.0. The molecule has 1 aliphatic rings. The molecule has 0 fully saturated rings. The van der Waals surface area contributed by atoms with E-state index >= 15 is 0 Å². The third-order valence-corrected chi connectivity index (χ3v) is 2.11. The number of hydrogen-bond acceptors (Lipinski definition) is 5. The summed E-state index contributed by atoms with van der Waals surface area (Å²) >= 11 is 0. The molecule has 0 bridgehead atoms. The third-order valence-electron chi connectivity index (χ3n) is 2.11. The molecule has 3 atom stereocenters. The highest BCUT2D eigenvalue weighted by Gasteiger charge is 2.34. The first-order valence-electron chi connectivity index (χ1n) is 4.31. The Kier molecular flexibility index (Phi) is 3.62. The highest BCUT2D eigenvalue weighted by molar-refractivity contribution is 5.91. The standard InChI is InChI=1S/C9H14O5/c1-5(11)6-3-7(13-2)9(12)8(4-10)14-6/h3,7-10,12H,4H2,1-2H3/t7-,8-,9+/m1/s1. The molecule has 0 unspecified atom stereocenters. The van der Waals surface area contributed by atoms with Crippen LogP contribution in [0.25, 0.3) is 0 Å². The van der Waals surface area contributed by atoms with Crippen molar-refractivity contribution in [3.8, 4) is 0 Å². The predicted octanol–water partition coefficient (Wildman–Crippen LogP) is -0.774. The minimum atomic E-state index is -0.951. The van der Waals surface area contributed by atoms with Crippen LogP contribution >= 0.6 is 0 Å². The van der Waals surface area contributed by atoms with Crippen LogP contribution in [0, 0.1) is 0 Å². The number of Topliss-reactive ketones (excluding diaryl/α,β-unsaturated/α-hetero) is 1. The maximum Gasteiger partial charge on any atom is 0.194 e. The van der Waals surface area contributed by atoms with Crippen LogP contribution in [0.4, 0.5) is 0 Å². The summed E-state index contributed by atoms with van der Waals surface area (Å²) in [4.78, 5) is 11.0. The van der Waals surface area contributed by atoms with Crippen LogP contribution < -0.4 is 0 Å². The average molecular weight is 202 g/mol. The van der Waals surface area contributed by atoms with Crippen molar-refractivity contribution in [2.75, 3.05) is 13.7 Å². The van der Waals surface area contributed by atoms with Crippen molar-refractivity contribution in [2.45, 2.75) is 25.2 Å². The van der Waals surface area contributed by atoms with Gasteiger partial charge in [-0.2, -0.15) is 0 Å². The van der Waals surface area contributed by atoms with Crippen molar-refractivity contribution >= 4 is 5.78 Å². The summed E-state index contributed by atoms with van der Waals surface area (Å²) in [5.74, 6) is -0.126. The summed E-state index contributed by atoms with van der Waals surface area (Å²) in [6, 6.07) is 0. The zero-order chi connectivity index (χ0) is 10.7.